The Hall–Kier alpha value is -1.08. The molecule has 1 unspecified atom stereocenters. The molecular formula is C11H17F3N4. The zero-order valence-corrected chi connectivity index (χ0v) is 10.0. The maximum Gasteiger partial charge on any atom is 0.401 e. The molecule has 1 aliphatic rings. The molecule has 1 atom stereocenters. The molecule has 4 nitrogen and oxygen atoms in total. The Morgan fingerprint density at radius 2 is 2.33 bits per heavy atom. The van der Waals surface area contributed by atoms with Crippen molar-refractivity contribution >= 4 is 0 Å². The number of nitrogens with one attached hydrogen (secondary N) is 2. The van der Waals surface area contributed by atoms with Crippen LogP contribution in [0.4, 0.5) is 13.2 Å². The summed E-state index contributed by atoms with van der Waals surface area (Å²) in [6, 6.07) is 0. The highest BCUT2D eigenvalue weighted by Gasteiger charge is 2.34. The van der Waals surface area contributed by atoms with E-state index in [1.54, 1.807) is 12.5 Å². The summed E-state index contributed by atoms with van der Waals surface area (Å²) >= 11 is 0. The number of H-pyrrole nitrogens is 1. The number of rotatable bonds is 5. The van der Waals surface area contributed by atoms with Gasteiger partial charge >= 0.3 is 6.18 Å². The van der Waals surface area contributed by atoms with E-state index in [2.05, 4.69) is 15.3 Å². The van der Waals surface area contributed by atoms with Gasteiger partial charge in [-0.05, 0) is 25.4 Å². The monoisotopic (exact) mass is 262 g/mol. The smallest absolute Gasteiger partial charge is 0.347 e. The number of hydrogen-bond donors (Lipinski definition) is 2. The average Bonchev–Trinajstić information content (AvgIpc) is 2.88. The summed E-state index contributed by atoms with van der Waals surface area (Å²) < 4.78 is 36.6. The molecule has 0 bridgehead atoms. The maximum atomic E-state index is 12.2. The zero-order chi connectivity index (χ0) is 13.0. The van der Waals surface area contributed by atoms with Crippen LogP contribution < -0.4 is 5.32 Å². The van der Waals surface area contributed by atoms with Crippen LogP contribution >= 0.6 is 0 Å². The fourth-order valence-corrected chi connectivity index (χ4v) is 2.27. The van der Waals surface area contributed by atoms with Crippen molar-refractivity contribution in [2.75, 3.05) is 26.2 Å². The second-order valence-electron chi connectivity index (χ2n) is 4.71. The summed E-state index contributed by atoms with van der Waals surface area (Å²) in [7, 11) is 0. The van der Waals surface area contributed by atoms with Crippen molar-refractivity contribution in [3.8, 4) is 0 Å². The number of aromatic nitrogens is 2. The van der Waals surface area contributed by atoms with Crippen LogP contribution in [0.2, 0.25) is 0 Å². The summed E-state index contributed by atoms with van der Waals surface area (Å²) in [5, 5.41) is 3.23. The number of imidazole rings is 1. The molecule has 0 aromatic carbocycles. The van der Waals surface area contributed by atoms with Crippen LogP contribution in [0.5, 0.6) is 0 Å². The standard InChI is InChI=1S/C11H17F3N4/c12-11(13,14)7-18-2-1-9(6-18)3-15-4-10-5-16-8-17-10/h5,8-9,15H,1-4,6-7H2,(H,16,17). The topological polar surface area (TPSA) is 44.0 Å². The minimum Gasteiger partial charge on any atom is -0.347 e. The van der Waals surface area contributed by atoms with Gasteiger partial charge in [-0.1, -0.05) is 0 Å². The molecule has 102 valence electrons. The minimum absolute atomic E-state index is 0.301. The van der Waals surface area contributed by atoms with Crippen LogP contribution in [0.3, 0.4) is 0 Å². The van der Waals surface area contributed by atoms with Gasteiger partial charge in [0.05, 0.1) is 12.9 Å². The summed E-state index contributed by atoms with van der Waals surface area (Å²) in [6.45, 7) is 1.69. The molecule has 1 aromatic heterocycles. The Balaban J connectivity index is 1.64. The molecule has 0 spiro atoms. The Kier molecular flexibility index (Phi) is 4.23. The number of alkyl halides is 3. The van der Waals surface area contributed by atoms with Crippen LogP contribution in [-0.4, -0.2) is 47.2 Å². The fraction of sp³-hybridized carbons (Fsp3) is 0.727. The lowest BCUT2D eigenvalue weighted by atomic mass is 10.1. The first kappa shape index (κ1) is 13.4. The van der Waals surface area contributed by atoms with Gasteiger partial charge in [-0.25, -0.2) is 4.98 Å². The number of hydrogen-bond acceptors (Lipinski definition) is 3. The molecule has 1 aromatic rings. The van der Waals surface area contributed by atoms with Crippen molar-refractivity contribution in [3.63, 3.8) is 0 Å². The summed E-state index contributed by atoms with van der Waals surface area (Å²) in [5.74, 6) is 0.301. The molecule has 2 heterocycles. The lowest BCUT2D eigenvalue weighted by Gasteiger charge is -2.17. The lowest BCUT2D eigenvalue weighted by molar-refractivity contribution is -0.143. The Bertz CT molecular complexity index is 350. The van der Waals surface area contributed by atoms with Gasteiger partial charge in [-0.15, -0.1) is 0 Å². The number of nitrogens with zero attached hydrogens (tertiary/aromatic N) is 2. The summed E-state index contributed by atoms with van der Waals surface area (Å²) in [4.78, 5) is 8.34. The lowest BCUT2D eigenvalue weighted by Crippen LogP contribution is -2.33. The Morgan fingerprint density at radius 3 is 3.00 bits per heavy atom. The van der Waals surface area contributed by atoms with Crippen LogP contribution in [0, 0.1) is 5.92 Å². The molecule has 1 fully saturated rings. The van der Waals surface area contributed by atoms with Gasteiger partial charge in [0.15, 0.2) is 0 Å². The van der Waals surface area contributed by atoms with Gasteiger partial charge < -0.3 is 10.3 Å². The van der Waals surface area contributed by atoms with Crippen molar-refractivity contribution < 1.29 is 13.2 Å². The third-order valence-corrected chi connectivity index (χ3v) is 3.08. The normalized spacial score (nSPS) is 21.6. The van der Waals surface area contributed by atoms with E-state index in [4.69, 9.17) is 0 Å². The van der Waals surface area contributed by atoms with Gasteiger partial charge in [-0.3, -0.25) is 4.90 Å². The van der Waals surface area contributed by atoms with E-state index in [1.165, 1.54) is 4.90 Å². The van der Waals surface area contributed by atoms with Crippen molar-refractivity contribution in [1.82, 2.24) is 20.2 Å². The number of likely N-dealkylation sites (tertiary alicyclic amines) is 1. The van der Waals surface area contributed by atoms with Crippen molar-refractivity contribution in [1.29, 1.82) is 0 Å². The molecule has 18 heavy (non-hydrogen) atoms. The molecule has 2 rings (SSSR count). The molecule has 1 aliphatic heterocycles. The Labute approximate surface area is 104 Å². The second-order valence-corrected chi connectivity index (χ2v) is 4.71. The predicted molar refractivity (Wildman–Crippen MR) is 60.9 cm³/mol. The Morgan fingerprint density at radius 1 is 1.50 bits per heavy atom. The number of halogens is 3. The van der Waals surface area contributed by atoms with E-state index in [9.17, 15) is 13.2 Å². The molecule has 2 N–H and O–H groups in total. The first-order chi connectivity index (χ1) is 8.53. The van der Waals surface area contributed by atoms with Crippen molar-refractivity contribution in [3.05, 3.63) is 18.2 Å². The van der Waals surface area contributed by atoms with Gasteiger partial charge in [0, 0.05) is 25.0 Å². The average molecular weight is 262 g/mol. The number of aromatic amines is 1. The van der Waals surface area contributed by atoms with Gasteiger partial charge in [0.25, 0.3) is 0 Å². The van der Waals surface area contributed by atoms with Crippen molar-refractivity contribution in [2.45, 2.75) is 19.1 Å². The first-order valence-electron chi connectivity index (χ1n) is 6.00. The molecule has 0 saturated carbocycles. The van der Waals surface area contributed by atoms with E-state index in [-0.39, 0.29) is 0 Å². The van der Waals surface area contributed by atoms with E-state index in [1.807, 2.05) is 0 Å². The maximum absolute atomic E-state index is 12.2. The first-order valence-corrected chi connectivity index (χ1v) is 6.00. The molecule has 0 radical (unpaired) electrons. The van der Waals surface area contributed by atoms with E-state index >= 15 is 0 Å². The molecule has 0 aliphatic carbocycles. The van der Waals surface area contributed by atoms with Crippen LogP contribution in [0.15, 0.2) is 12.5 Å². The SMILES string of the molecule is FC(F)(F)CN1CCC(CNCc2cnc[nH]2)C1. The summed E-state index contributed by atoms with van der Waals surface area (Å²) in [6.07, 6.45) is 0.0829. The highest BCUT2D eigenvalue weighted by molar-refractivity contribution is 4.93. The second kappa shape index (κ2) is 5.71. The van der Waals surface area contributed by atoms with Gasteiger partial charge in [0.2, 0.25) is 0 Å². The largest absolute Gasteiger partial charge is 0.401 e. The van der Waals surface area contributed by atoms with Crippen molar-refractivity contribution in [2.24, 2.45) is 5.92 Å². The zero-order valence-electron chi connectivity index (χ0n) is 10.0. The van der Waals surface area contributed by atoms with E-state index < -0.39 is 12.7 Å². The molecule has 0 amide bonds. The van der Waals surface area contributed by atoms with Crippen LogP contribution in [0.25, 0.3) is 0 Å². The molecular weight excluding hydrogens is 245 g/mol. The highest BCUT2D eigenvalue weighted by Crippen LogP contribution is 2.22. The molecule has 1 saturated heterocycles. The molecule has 7 heteroatoms. The van der Waals surface area contributed by atoms with E-state index in [0.717, 1.165) is 18.7 Å². The minimum atomic E-state index is -4.09. The quantitative estimate of drug-likeness (QED) is 0.842. The highest BCUT2D eigenvalue weighted by atomic mass is 19.4. The third kappa shape index (κ3) is 4.30. The third-order valence-electron chi connectivity index (χ3n) is 3.08. The van der Waals surface area contributed by atoms with Crippen LogP contribution in [-0.2, 0) is 6.54 Å². The van der Waals surface area contributed by atoms with Crippen LogP contribution in [0.1, 0.15) is 12.1 Å². The van der Waals surface area contributed by atoms with Gasteiger partial charge in [0.1, 0.15) is 0 Å². The predicted octanol–water partition coefficient (Wildman–Crippen LogP) is 1.38. The summed E-state index contributed by atoms with van der Waals surface area (Å²) in [5.41, 5.74) is 0.986. The van der Waals surface area contributed by atoms with Gasteiger partial charge in [-0.2, -0.15) is 13.2 Å². The fourth-order valence-electron chi connectivity index (χ4n) is 2.27. The van der Waals surface area contributed by atoms with E-state index in [0.29, 0.717) is 25.6 Å².